The minimum atomic E-state index is -0.571. The maximum atomic E-state index is 12.8. The number of benzene rings is 3. The van der Waals surface area contributed by atoms with Gasteiger partial charge in [-0.1, -0.05) is 46.3 Å². The van der Waals surface area contributed by atoms with Crippen molar-refractivity contribution >= 4 is 39.6 Å². The van der Waals surface area contributed by atoms with Crippen LogP contribution in [0.4, 0.5) is 5.69 Å². The highest BCUT2D eigenvalue weighted by atomic mass is 79.9. The molecule has 0 radical (unpaired) electrons. The number of anilines is 1. The predicted molar refractivity (Wildman–Crippen MR) is 147 cm³/mol. The van der Waals surface area contributed by atoms with E-state index in [0.717, 1.165) is 5.56 Å². The topological polar surface area (TPSA) is 107 Å². The van der Waals surface area contributed by atoms with Crippen LogP contribution < -0.4 is 19.5 Å². The van der Waals surface area contributed by atoms with Gasteiger partial charge in [0.2, 0.25) is 0 Å². The average molecular weight is 579 g/mol. The molecule has 1 N–H and O–H groups in total. The first kappa shape index (κ1) is 28.3. The number of nitriles is 1. The van der Waals surface area contributed by atoms with Crippen molar-refractivity contribution in [2.24, 2.45) is 0 Å². The summed E-state index contributed by atoms with van der Waals surface area (Å²) < 4.78 is 22.4. The van der Waals surface area contributed by atoms with E-state index in [9.17, 15) is 14.9 Å². The van der Waals surface area contributed by atoms with Crippen LogP contribution in [0.2, 0.25) is 0 Å². The highest BCUT2D eigenvalue weighted by Gasteiger charge is 2.15. The van der Waals surface area contributed by atoms with Crippen molar-refractivity contribution in [3.05, 3.63) is 87.9 Å². The van der Waals surface area contributed by atoms with E-state index in [4.69, 9.17) is 18.9 Å². The van der Waals surface area contributed by atoms with Crippen LogP contribution >= 0.6 is 15.9 Å². The zero-order valence-electron chi connectivity index (χ0n) is 21.0. The summed E-state index contributed by atoms with van der Waals surface area (Å²) in [5.74, 6) is 0.254. The van der Waals surface area contributed by atoms with Gasteiger partial charge < -0.3 is 24.3 Å². The van der Waals surface area contributed by atoms with E-state index in [2.05, 4.69) is 21.2 Å². The first-order chi connectivity index (χ1) is 18.4. The maximum Gasteiger partial charge on any atom is 0.344 e. The number of carbonyl (C=O) groups excluding carboxylic acids is 2. The third kappa shape index (κ3) is 8.39. The zero-order chi connectivity index (χ0) is 27.3. The van der Waals surface area contributed by atoms with Crippen LogP contribution in [0.15, 0.2) is 76.8 Å². The molecule has 3 rings (SSSR count). The fourth-order valence-corrected chi connectivity index (χ4v) is 3.70. The Morgan fingerprint density at radius 2 is 1.66 bits per heavy atom. The molecule has 0 aromatic heterocycles. The molecule has 38 heavy (non-hydrogen) atoms. The van der Waals surface area contributed by atoms with Crippen molar-refractivity contribution in [3.8, 4) is 23.3 Å². The summed E-state index contributed by atoms with van der Waals surface area (Å²) >= 11 is 3.43. The Labute approximate surface area is 229 Å². The zero-order valence-corrected chi connectivity index (χ0v) is 22.6. The van der Waals surface area contributed by atoms with Gasteiger partial charge in [0.25, 0.3) is 5.91 Å². The number of rotatable bonds is 12. The summed E-state index contributed by atoms with van der Waals surface area (Å²) in [4.78, 5) is 24.5. The number of nitrogens with one attached hydrogen (secondary N) is 1. The molecule has 0 saturated carbocycles. The number of esters is 1. The molecule has 0 spiro atoms. The Hall–Kier alpha value is -4.29. The monoisotopic (exact) mass is 578 g/mol. The van der Waals surface area contributed by atoms with Gasteiger partial charge in [-0.3, -0.25) is 4.79 Å². The van der Waals surface area contributed by atoms with E-state index >= 15 is 0 Å². The molecule has 0 atom stereocenters. The first-order valence-electron chi connectivity index (χ1n) is 11.9. The lowest BCUT2D eigenvalue weighted by Crippen LogP contribution is -2.15. The molecule has 3 aromatic carbocycles. The smallest absolute Gasteiger partial charge is 0.344 e. The number of halogens is 1. The number of hydrogen-bond donors (Lipinski definition) is 1. The van der Waals surface area contributed by atoms with E-state index in [0.29, 0.717) is 46.2 Å². The molecule has 3 aromatic rings. The quantitative estimate of drug-likeness (QED) is 0.161. The molecule has 0 fully saturated rings. The number of hydrogen-bond acceptors (Lipinski definition) is 7. The van der Waals surface area contributed by atoms with Crippen molar-refractivity contribution < 1.29 is 28.5 Å². The summed E-state index contributed by atoms with van der Waals surface area (Å²) in [5, 5.41) is 12.4. The number of ether oxygens (including phenoxy) is 4. The summed E-state index contributed by atoms with van der Waals surface area (Å²) in [6.45, 7) is 4.26. The second-order valence-corrected chi connectivity index (χ2v) is 8.62. The molecule has 0 heterocycles. The van der Waals surface area contributed by atoms with Crippen LogP contribution in [0.5, 0.6) is 17.2 Å². The molecule has 0 bridgehead atoms. The van der Waals surface area contributed by atoms with Crippen LogP contribution in [0.3, 0.4) is 0 Å². The van der Waals surface area contributed by atoms with Gasteiger partial charge in [-0.05, 0) is 67.4 Å². The SMILES string of the molecule is CCOC(=O)COc1cc(Br)c(/C=C(\C#N)C(=O)Nc2ccc(OCc3ccccc3)cc2)cc1OCC. The number of nitrogens with zero attached hydrogens (tertiary/aromatic N) is 1. The third-order valence-electron chi connectivity index (χ3n) is 5.04. The molecule has 0 aliphatic heterocycles. The van der Waals surface area contributed by atoms with Gasteiger partial charge in [0.15, 0.2) is 18.1 Å². The standard InChI is InChI=1S/C29H27BrN2O6/c1-3-35-26-15-21(25(30)16-27(26)38-19-28(33)36-4-2)14-22(17-31)29(34)32-23-10-12-24(13-11-23)37-18-20-8-6-5-7-9-20/h5-16H,3-4,18-19H2,1-2H3,(H,32,34)/b22-14+. The van der Waals surface area contributed by atoms with E-state index < -0.39 is 11.9 Å². The number of amides is 1. The van der Waals surface area contributed by atoms with Gasteiger partial charge in [-0.25, -0.2) is 4.79 Å². The fourth-order valence-electron chi connectivity index (χ4n) is 3.26. The van der Waals surface area contributed by atoms with Crippen molar-refractivity contribution in [1.29, 1.82) is 5.26 Å². The summed E-state index contributed by atoms with van der Waals surface area (Å²) in [6.07, 6.45) is 1.44. The maximum absolute atomic E-state index is 12.8. The molecule has 0 aliphatic rings. The highest BCUT2D eigenvalue weighted by Crippen LogP contribution is 2.35. The predicted octanol–water partition coefficient (Wildman–Crippen LogP) is 5.91. The van der Waals surface area contributed by atoms with Gasteiger partial charge in [0.1, 0.15) is 24.0 Å². The molecule has 0 saturated heterocycles. The minimum absolute atomic E-state index is 0.113. The van der Waals surface area contributed by atoms with Crippen LogP contribution in [-0.2, 0) is 20.9 Å². The fraction of sp³-hybridized carbons (Fsp3) is 0.207. The lowest BCUT2D eigenvalue weighted by atomic mass is 10.1. The lowest BCUT2D eigenvalue weighted by molar-refractivity contribution is -0.145. The Morgan fingerprint density at radius 1 is 0.947 bits per heavy atom. The first-order valence-corrected chi connectivity index (χ1v) is 12.7. The Kier molecular flexibility index (Phi) is 10.8. The van der Waals surface area contributed by atoms with Gasteiger partial charge >= 0.3 is 5.97 Å². The second-order valence-electron chi connectivity index (χ2n) is 7.77. The Morgan fingerprint density at radius 3 is 2.32 bits per heavy atom. The highest BCUT2D eigenvalue weighted by molar-refractivity contribution is 9.10. The van der Waals surface area contributed by atoms with Gasteiger partial charge in [-0.15, -0.1) is 0 Å². The molecule has 0 unspecified atom stereocenters. The van der Waals surface area contributed by atoms with E-state index in [1.165, 1.54) is 6.08 Å². The largest absolute Gasteiger partial charge is 0.490 e. The van der Waals surface area contributed by atoms with Crippen molar-refractivity contribution in [3.63, 3.8) is 0 Å². The Balaban J connectivity index is 1.70. The van der Waals surface area contributed by atoms with Crippen LogP contribution in [0.1, 0.15) is 25.0 Å². The number of carbonyl (C=O) groups is 2. The van der Waals surface area contributed by atoms with E-state index in [1.54, 1.807) is 50.2 Å². The van der Waals surface area contributed by atoms with Crippen LogP contribution in [0, 0.1) is 11.3 Å². The molecule has 1 amide bonds. The van der Waals surface area contributed by atoms with Gasteiger partial charge in [0, 0.05) is 10.2 Å². The third-order valence-corrected chi connectivity index (χ3v) is 5.73. The molecule has 196 valence electrons. The lowest BCUT2D eigenvalue weighted by Gasteiger charge is -2.14. The summed E-state index contributed by atoms with van der Waals surface area (Å²) in [5.41, 5.74) is 1.97. The van der Waals surface area contributed by atoms with Crippen molar-refractivity contribution in [1.82, 2.24) is 0 Å². The molecular weight excluding hydrogens is 552 g/mol. The molecule has 0 aliphatic carbocycles. The van der Waals surface area contributed by atoms with Gasteiger partial charge in [0.05, 0.1) is 13.2 Å². The summed E-state index contributed by atoms with van der Waals surface area (Å²) in [7, 11) is 0. The summed E-state index contributed by atoms with van der Waals surface area (Å²) in [6, 6.07) is 21.8. The second kappa shape index (κ2) is 14.4. The average Bonchev–Trinajstić information content (AvgIpc) is 2.92. The van der Waals surface area contributed by atoms with Crippen molar-refractivity contribution in [2.45, 2.75) is 20.5 Å². The van der Waals surface area contributed by atoms with Crippen molar-refractivity contribution in [2.75, 3.05) is 25.1 Å². The molecular formula is C29H27BrN2O6. The van der Waals surface area contributed by atoms with Crippen LogP contribution in [0.25, 0.3) is 6.08 Å². The van der Waals surface area contributed by atoms with Gasteiger partial charge in [-0.2, -0.15) is 5.26 Å². The Bertz CT molecular complexity index is 1320. The minimum Gasteiger partial charge on any atom is -0.490 e. The van der Waals surface area contributed by atoms with E-state index in [-0.39, 0.29) is 18.8 Å². The van der Waals surface area contributed by atoms with E-state index in [1.807, 2.05) is 36.4 Å². The normalized spacial score (nSPS) is 10.7. The molecule has 8 nitrogen and oxygen atoms in total. The van der Waals surface area contributed by atoms with Crippen LogP contribution in [-0.4, -0.2) is 31.7 Å². The molecule has 9 heteroatoms.